The van der Waals surface area contributed by atoms with Gasteiger partial charge in [-0.1, -0.05) is 70.8 Å². The van der Waals surface area contributed by atoms with E-state index in [-0.39, 0.29) is 18.2 Å². The molecule has 3 aromatic rings. The van der Waals surface area contributed by atoms with Crippen LogP contribution in [0.15, 0.2) is 78.0 Å². The van der Waals surface area contributed by atoms with Gasteiger partial charge in [-0.15, -0.1) is 0 Å². The van der Waals surface area contributed by atoms with E-state index >= 15 is 0 Å². The summed E-state index contributed by atoms with van der Waals surface area (Å²) in [5.74, 6) is -1.01. The van der Waals surface area contributed by atoms with Gasteiger partial charge in [0.25, 0.3) is 5.91 Å². The molecule has 4 rings (SSSR count). The molecule has 7 heteroatoms. The lowest BCUT2D eigenvalue weighted by Gasteiger charge is -2.17. The minimum absolute atomic E-state index is 0.0648. The zero-order valence-electron chi connectivity index (χ0n) is 15.0. The van der Waals surface area contributed by atoms with Crippen LogP contribution in [0.25, 0.3) is 0 Å². The number of fused-ring (bicyclic) bond motifs is 1. The molecule has 0 N–H and O–H groups in total. The van der Waals surface area contributed by atoms with Gasteiger partial charge in [0.2, 0.25) is 0 Å². The molecule has 1 heterocycles. The lowest BCUT2D eigenvalue weighted by molar-refractivity contribution is -0.112. The molecule has 0 atom stereocenters. The second-order valence-electron chi connectivity index (χ2n) is 6.33. The molecule has 1 aliphatic rings. The second kappa shape index (κ2) is 8.07. The lowest BCUT2D eigenvalue weighted by atomic mass is 10.1. The van der Waals surface area contributed by atoms with Gasteiger partial charge in [0, 0.05) is 15.6 Å². The highest BCUT2D eigenvalue weighted by atomic mass is 35.5. The number of nitrogens with zero attached hydrogens (tertiary/aromatic N) is 2. The van der Waals surface area contributed by atoms with Crippen LogP contribution in [0.2, 0.25) is 10.0 Å². The predicted octanol–water partition coefficient (Wildman–Crippen LogP) is 5.10. The van der Waals surface area contributed by atoms with E-state index in [0.717, 1.165) is 5.56 Å². The summed E-state index contributed by atoms with van der Waals surface area (Å²) in [6.07, 6.45) is 0. The van der Waals surface area contributed by atoms with Crippen LogP contribution >= 0.6 is 23.2 Å². The van der Waals surface area contributed by atoms with Gasteiger partial charge in [-0.2, -0.15) is 0 Å². The summed E-state index contributed by atoms with van der Waals surface area (Å²) in [6.45, 7) is 0.234. The summed E-state index contributed by atoms with van der Waals surface area (Å²) in [7, 11) is 0. The number of para-hydroxylation sites is 1. The third-order valence-corrected chi connectivity index (χ3v) is 5.06. The Balaban J connectivity index is 1.63. The molecule has 5 nitrogen and oxygen atoms in total. The van der Waals surface area contributed by atoms with Crippen molar-refractivity contribution in [3.05, 3.63) is 99.5 Å². The zero-order valence-corrected chi connectivity index (χ0v) is 16.5. The maximum absolute atomic E-state index is 13.0. The Labute approximate surface area is 177 Å². The number of halogens is 2. The van der Waals surface area contributed by atoms with Crippen molar-refractivity contribution in [3.63, 3.8) is 0 Å². The summed E-state index contributed by atoms with van der Waals surface area (Å²) >= 11 is 12.2. The van der Waals surface area contributed by atoms with Gasteiger partial charge in [0.05, 0.1) is 17.8 Å². The summed E-state index contributed by atoms with van der Waals surface area (Å²) in [5, 5.41) is 4.85. The van der Waals surface area contributed by atoms with Crippen molar-refractivity contribution < 1.29 is 14.4 Å². The number of hydrogen-bond acceptors (Lipinski definition) is 4. The molecule has 1 amide bonds. The quantitative estimate of drug-likeness (QED) is 0.432. The minimum Gasteiger partial charge on any atom is -0.312 e. The molecule has 0 spiro atoms. The number of carbonyl (C=O) groups excluding carboxylic acids is 2. The molecular formula is C22H14Cl2N2O3. The number of oxime groups is 1. The van der Waals surface area contributed by atoms with Crippen LogP contribution < -0.4 is 4.90 Å². The Morgan fingerprint density at radius 3 is 2.45 bits per heavy atom. The topological polar surface area (TPSA) is 59.0 Å². The van der Waals surface area contributed by atoms with Gasteiger partial charge in [0.15, 0.2) is 5.71 Å². The number of hydrogen-bond donors (Lipinski definition) is 0. The maximum Gasteiger partial charge on any atom is 0.365 e. The highest BCUT2D eigenvalue weighted by Gasteiger charge is 2.35. The predicted molar refractivity (Wildman–Crippen MR) is 112 cm³/mol. The van der Waals surface area contributed by atoms with Crippen LogP contribution in [0.3, 0.4) is 0 Å². The van der Waals surface area contributed by atoms with Crippen LogP contribution in [0.5, 0.6) is 0 Å². The molecule has 0 bridgehead atoms. The van der Waals surface area contributed by atoms with E-state index in [1.54, 1.807) is 71.6 Å². The largest absolute Gasteiger partial charge is 0.365 e. The molecule has 0 saturated carbocycles. The fourth-order valence-electron chi connectivity index (χ4n) is 3.04. The first kappa shape index (κ1) is 19.2. The molecular weight excluding hydrogens is 411 g/mol. The molecule has 0 fully saturated rings. The lowest BCUT2D eigenvalue weighted by Crippen LogP contribution is -2.30. The van der Waals surface area contributed by atoms with E-state index in [0.29, 0.717) is 26.9 Å². The van der Waals surface area contributed by atoms with Crippen molar-refractivity contribution in [1.82, 2.24) is 0 Å². The SMILES string of the molecule is O=C(O/N=C1\C(=O)N(Cc2ccc(Cl)cc2Cl)c2ccccc21)c1ccccc1. The van der Waals surface area contributed by atoms with Crippen molar-refractivity contribution in [1.29, 1.82) is 0 Å². The number of benzene rings is 3. The summed E-state index contributed by atoms with van der Waals surface area (Å²) < 4.78 is 0. The van der Waals surface area contributed by atoms with Gasteiger partial charge in [-0.3, -0.25) is 4.79 Å². The van der Waals surface area contributed by atoms with Gasteiger partial charge in [-0.05, 0) is 35.9 Å². The Kier molecular flexibility index (Phi) is 5.34. The minimum atomic E-state index is -0.637. The molecule has 29 heavy (non-hydrogen) atoms. The zero-order chi connectivity index (χ0) is 20.4. The number of amides is 1. The van der Waals surface area contributed by atoms with Crippen LogP contribution in [0.4, 0.5) is 5.69 Å². The number of rotatable bonds is 4. The maximum atomic E-state index is 13.0. The van der Waals surface area contributed by atoms with E-state index < -0.39 is 5.97 Å². The molecule has 0 radical (unpaired) electrons. The standard InChI is InChI=1S/C22H14Cl2N2O3/c23-16-11-10-15(18(24)12-16)13-26-19-9-5-4-8-17(19)20(21(26)27)25-29-22(28)14-6-2-1-3-7-14/h1-12H,13H2/b25-20-. The third kappa shape index (κ3) is 3.88. The molecule has 0 aromatic heterocycles. The van der Waals surface area contributed by atoms with Gasteiger partial charge in [-0.25, -0.2) is 4.79 Å². The molecule has 0 saturated heterocycles. The highest BCUT2D eigenvalue weighted by Crippen LogP contribution is 2.32. The average Bonchev–Trinajstić information content (AvgIpc) is 3.00. The van der Waals surface area contributed by atoms with E-state index in [1.165, 1.54) is 0 Å². The third-order valence-electron chi connectivity index (χ3n) is 4.47. The van der Waals surface area contributed by atoms with Crippen LogP contribution in [-0.4, -0.2) is 17.6 Å². The highest BCUT2D eigenvalue weighted by molar-refractivity contribution is 6.54. The Bertz CT molecular complexity index is 1130. The average molecular weight is 425 g/mol. The van der Waals surface area contributed by atoms with Crippen molar-refractivity contribution in [2.24, 2.45) is 5.16 Å². The smallest absolute Gasteiger partial charge is 0.312 e. The second-order valence-corrected chi connectivity index (χ2v) is 7.17. The van der Waals surface area contributed by atoms with E-state index in [9.17, 15) is 9.59 Å². The molecule has 1 aliphatic heterocycles. The molecule has 3 aromatic carbocycles. The van der Waals surface area contributed by atoms with Crippen molar-refractivity contribution in [2.45, 2.75) is 6.54 Å². The first-order valence-corrected chi connectivity index (χ1v) is 9.50. The molecule has 0 unspecified atom stereocenters. The number of carbonyl (C=O) groups is 2. The fourth-order valence-corrected chi connectivity index (χ4v) is 3.51. The summed E-state index contributed by atoms with van der Waals surface area (Å²) in [4.78, 5) is 31.8. The normalized spacial score (nSPS) is 14.2. The Morgan fingerprint density at radius 1 is 0.966 bits per heavy atom. The van der Waals surface area contributed by atoms with Gasteiger partial charge >= 0.3 is 5.97 Å². The van der Waals surface area contributed by atoms with Crippen LogP contribution in [0.1, 0.15) is 21.5 Å². The number of anilines is 1. The first-order valence-electron chi connectivity index (χ1n) is 8.74. The first-order chi connectivity index (χ1) is 14.0. The van der Waals surface area contributed by atoms with Crippen LogP contribution in [0, 0.1) is 0 Å². The summed E-state index contributed by atoms with van der Waals surface area (Å²) in [6, 6.07) is 20.7. The van der Waals surface area contributed by atoms with Gasteiger partial charge in [0.1, 0.15) is 0 Å². The Morgan fingerprint density at radius 2 is 1.69 bits per heavy atom. The van der Waals surface area contributed by atoms with E-state index in [1.807, 2.05) is 6.07 Å². The summed E-state index contributed by atoms with van der Waals surface area (Å²) in [5.41, 5.74) is 2.40. The molecule has 144 valence electrons. The Hall–Kier alpha value is -3.15. The molecule has 0 aliphatic carbocycles. The van der Waals surface area contributed by atoms with Crippen molar-refractivity contribution in [3.8, 4) is 0 Å². The van der Waals surface area contributed by atoms with Crippen molar-refractivity contribution >= 4 is 46.5 Å². The van der Waals surface area contributed by atoms with Crippen LogP contribution in [-0.2, 0) is 16.2 Å². The van der Waals surface area contributed by atoms with Gasteiger partial charge < -0.3 is 9.74 Å². The van der Waals surface area contributed by atoms with E-state index in [2.05, 4.69) is 5.16 Å². The monoisotopic (exact) mass is 424 g/mol. The fraction of sp³-hybridized carbons (Fsp3) is 0.0455. The van der Waals surface area contributed by atoms with Crippen molar-refractivity contribution in [2.75, 3.05) is 4.90 Å². The van der Waals surface area contributed by atoms with E-state index in [4.69, 9.17) is 28.0 Å².